The van der Waals surface area contributed by atoms with E-state index in [1.165, 1.54) is 0 Å². The lowest BCUT2D eigenvalue weighted by molar-refractivity contribution is -0.394. The molecule has 0 aliphatic rings. The van der Waals surface area contributed by atoms with Gasteiger partial charge < -0.3 is 10.2 Å². The van der Waals surface area contributed by atoms with Crippen molar-refractivity contribution in [2.75, 3.05) is 0 Å². The van der Waals surface area contributed by atoms with Crippen LogP contribution < -0.4 is 0 Å². The van der Waals surface area contributed by atoms with E-state index >= 15 is 0 Å². The quantitative estimate of drug-likeness (QED) is 0.259. The maximum absolute atomic E-state index is 11.5. The van der Waals surface area contributed by atoms with Gasteiger partial charge in [0.1, 0.15) is 10.7 Å². The van der Waals surface area contributed by atoms with Crippen LogP contribution in [0.5, 0.6) is 5.75 Å². The number of benzene rings is 1. The Hall–Kier alpha value is -3.48. The Bertz CT molecular complexity index is 940. The summed E-state index contributed by atoms with van der Waals surface area (Å²) in [6.07, 6.45) is 2.29. The molecular weight excluding hydrogens is 382 g/mol. The molecular formula is C14H13N5O7S. The number of aliphatic carboxylic acids is 1. The van der Waals surface area contributed by atoms with Crippen molar-refractivity contribution in [2.45, 2.75) is 24.9 Å². The fourth-order valence-electron chi connectivity index (χ4n) is 2.03. The molecule has 0 atom stereocenters. The molecule has 1 aromatic carbocycles. The first kappa shape index (κ1) is 19.8. The van der Waals surface area contributed by atoms with E-state index < -0.39 is 32.9 Å². The molecule has 27 heavy (non-hydrogen) atoms. The third-order valence-electron chi connectivity index (χ3n) is 3.21. The van der Waals surface area contributed by atoms with Crippen molar-refractivity contribution in [3.8, 4) is 5.75 Å². The number of carbonyl (C=O) groups is 1. The molecule has 0 radical (unpaired) electrons. The molecule has 2 rings (SSSR count). The standard InChI is InChI=1S/C14H13N5O7S/c1-2-3-11-15-14(17-16-11)27-10(13(21)22)5-7-4-8(18(23)24)6-9(12(7)20)19(25)26/h4-6,20H,2-3H2,1H3,(H,21,22)(H,15,16,17)/b10-5-. The maximum atomic E-state index is 11.5. The third-order valence-corrected chi connectivity index (χ3v) is 4.09. The number of aromatic amines is 1. The van der Waals surface area contributed by atoms with Gasteiger partial charge in [0.15, 0.2) is 0 Å². The number of nitrogens with zero attached hydrogens (tertiary/aromatic N) is 4. The molecule has 0 spiro atoms. The number of nitro groups is 2. The summed E-state index contributed by atoms with van der Waals surface area (Å²) in [5.41, 5.74) is -1.96. The zero-order valence-corrected chi connectivity index (χ0v) is 14.6. The number of aryl methyl sites for hydroxylation is 1. The summed E-state index contributed by atoms with van der Waals surface area (Å²) in [6.45, 7) is 1.93. The highest BCUT2D eigenvalue weighted by molar-refractivity contribution is 8.04. The molecule has 1 heterocycles. The highest BCUT2D eigenvalue weighted by Crippen LogP contribution is 2.37. The lowest BCUT2D eigenvalue weighted by Crippen LogP contribution is -1.99. The minimum atomic E-state index is -1.42. The van der Waals surface area contributed by atoms with Crippen molar-refractivity contribution in [1.29, 1.82) is 0 Å². The van der Waals surface area contributed by atoms with Gasteiger partial charge in [-0.15, -0.1) is 5.10 Å². The number of nitrogens with one attached hydrogen (secondary N) is 1. The number of phenols is 1. The van der Waals surface area contributed by atoms with Crippen molar-refractivity contribution in [3.05, 3.63) is 48.7 Å². The van der Waals surface area contributed by atoms with Gasteiger partial charge >= 0.3 is 11.7 Å². The fraction of sp³-hybridized carbons (Fsp3) is 0.214. The summed E-state index contributed by atoms with van der Waals surface area (Å²) < 4.78 is 0. The molecule has 2 aromatic rings. The van der Waals surface area contributed by atoms with E-state index in [9.17, 15) is 35.2 Å². The molecule has 3 N–H and O–H groups in total. The summed E-state index contributed by atoms with van der Waals surface area (Å²) in [7, 11) is 0. The Morgan fingerprint density at radius 3 is 2.59 bits per heavy atom. The molecule has 0 saturated carbocycles. The number of carboxylic acid groups (broad SMARTS) is 1. The zero-order valence-electron chi connectivity index (χ0n) is 13.8. The van der Waals surface area contributed by atoms with Crippen LogP contribution in [-0.2, 0) is 11.2 Å². The smallest absolute Gasteiger partial charge is 0.342 e. The lowest BCUT2D eigenvalue weighted by atomic mass is 10.1. The lowest BCUT2D eigenvalue weighted by Gasteiger charge is -2.03. The number of aromatic hydroxyl groups is 1. The largest absolute Gasteiger partial charge is 0.502 e. The Morgan fingerprint density at radius 2 is 2.04 bits per heavy atom. The van der Waals surface area contributed by atoms with Crippen molar-refractivity contribution in [1.82, 2.24) is 15.2 Å². The second-order valence-corrected chi connectivity index (χ2v) is 6.16. The summed E-state index contributed by atoms with van der Waals surface area (Å²) in [6, 6.07) is 1.43. The third kappa shape index (κ3) is 4.78. The number of thioether (sulfide) groups is 1. The number of rotatable bonds is 8. The monoisotopic (exact) mass is 395 g/mol. The van der Waals surface area contributed by atoms with Gasteiger partial charge in [-0.3, -0.25) is 25.3 Å². The number of non-ortho nitro benzene ring substituents is 1. The van der Waals surface area contributed by atoms with Crippen LogP contribution in [-0.4, -0.2) is 41.2 Å². The van der Waals surface area contributed by atoms with E-state index in [1.54, 1.807) is 0 Å². The van der Waals surface area contributed by atoms with Gasteiger partial charge in [-0.2, -0.15) is 0 Å². The first-order chi connectivity index (χ1) is 12.7. The molecule has 0 unspecified atom stereocenters. The molecule has 0 amide bonds. The van der Waals surface area contributed by atoms with Crippen LogP contribution in [0.1, 0.15) is 24.7 Å². The van der Waals surface area contributed by atoms with Crippen LogP contribution in [0, 0.1) is 20.2 Å². The predicted molar refractivity (Wildman–Crippen MR) is 93.3 cm³/mol. The van der Waals surface area contributed by atoms with Gasteiger partial charge in [-0.1, -0.05) is 6.92 Å². The molecule has 13 heteroatoms. The van der Waals surface area contributed by atoms with Crippen molar-refractivity contribution in [2.24, 2.45) is 0 Å². The van der Waals surface area contributed by atoms with Crippen LogP contribution in [0.15, 0.2) is 22.2 Å². The number of carboxylic acids is 1. The average molecular weight is 395 g/mol. The van der Waals surface area contributed by atoms with Gasteiger partial charge in [-0.25, -0.2) is 9.78 Å². The topological polar surface area (TPSA) is 185 Å². The van der Waals surface area contributed by atoms with E-state index in [4.69, 9.17) is 0 Å². The average Bonchev–Trinajstić information content (AvgIpc) is 3.02. The maximum Gasteiger partial charge on any atom is 0.342 e. The number of aromatic nitrogens is 3. The molecule has 142 valence electrons. The van der Waals surface area contributed by atoms with Gasteiger partial charge in [0.2, 0.25) is 10.9 Å². The van der Waals surface area contributed by atoms with Gasteiger partial charge in [0.25, 0.3) is 5.69 Å². The molecule has 0 fully saturated rings. The summed E-state index contributed by atoms with van der Waals surface area (Å²) in [5, 5.41) is 47.9. The van der Waals surface area contributed by atoms with E-state index in [0.717, 1.165) is 18.6 Å². The van der Waals surface area contributed by atoms with Gasteiger partial charge in [0.05, 0.1) is 15.9 Å². The van der Waals surface area contributed by atoms with E-state index in [1.807, 2.05) is 6.92 Å². The minimum absolute atomic E-state index is 0.0894. The van der Waals surface area contributed by atoms with E-state index in [0.29, 0.717) is 30.1 Å². The molecule has 12 nitrogen and oxygen atoms in total. The summed E-state index contributed by atoms with van der Waals surface area (Å²) >= 11 is 0.633. The highest BCUT2D eigenvalue weighted by atomic mass is 32.2. The second kappa shape index (κ2) is 8.27. The molecule has 0 saturated heterocycles. The van der Waals surface area contributed by atoms with Crippen LogP contribution in [0.3, 0.4) is 0 Å². The fourth-order valence-corrected chi connectivity index (χ4v) is 2.74. The Morgan fingerprint density at radius 1 is 1.33 bits per heavy atom. The highest BCUT2D eigenvalue weighted by Gasteiger charge is 2.24. The Kier molecular flexibility index (Phi) is 6.07. The minimum Gasteiger partial charge on any atom is -0.502 e. The van der Waals surface area contributed by atoms with E-state index in [2.05, 4.69) is 15.2 Å². The Balaban J connectivity index is 2.48. The molecule has 0 bridgehead atoms. The van der Waals surface area contributed by atoms with Crippen LogP contribution >= 0.6 is 11.8 Å². The number of hydrogen-bond acceptors (Lipinski definition) is 9. The molecule has 0 aliphatic carbocycles. The second-order valence-electron chi connectivity index (χ2n) is 5.15. The number of phenolic OH excluding ortho intramolecular Hbond substituents is 1. The van der Waals surface area contributed by atoms with Gasteiger partial charge in [0, 0.05) is 18.1 Å². The first-order valence-corrected chi connectivity index (χ1v) is 8.24. The number of nitro benzene ring substituents is 2. The molecule has 1 aromatic heterocycles. The SMILES string of the molecule is CCCc1nc(S/C(=C\c2cc([N+](=O)[O-])cc([N+](=O)[O-])c2O)C(=O)O)n[nH]1. The van der Waals surface area contributed by atoms with Crippen LogP contribution in [0.4, 0.5) is 11.4 Å². The first-order valence-electron chi connectivity index (χ1n) is 7.42. The predicted octanol–water partition coefficient (Wildman–Crippen LogP) is 2.50. The van der Waals surface area contributed by atoms with Crippen molar-refractivity contribution >= 4 is 35.2 Å². The normalized spacial score (nSPS) is 11.4. The summed E-state index contributed by atoms with van der Waals surface area (Å²) in [5.74, 6) is -1.75. The number of hydrogen-bond donors (Lipinski definition) is 3. The molecule has 0 aliphatic heterocycles. The summed E-state index contributed by atoms with van der Waals surface area (Å²) in [4.78, 5) is 35.2. The Labute approximate surface area is 155 Å². The van der Waals surface area contributed by atoms with Crippen molar-refractivity contribution in [3.63, 3.8) is 0 Å². The van der Waals surface area contributed by atoms with Crippen molar-refractivity contribution < 1.29 is 24.9 Å². The van der Waals surface area contributed by atoms with E-state index in [-0.39, 0.29) is 15.6 Å². The van der Waals surface area contributed by atoms with Crippen LogP contribution in [0.25, 0.3) is 6.08 Å². The zero-order chi connectivity index (χ0) is 20.1. The van der Waals surface area contributed by atoms with Crippen LogP contribution in [0.2, 0.25) is 0 Å². The van der Waals surface area contributed by atoms with Gasteiger partial charge in [-0.05, 0) is 24.3 Å². The number of H-pyrrole nitrogens is 1.